The Morgan fingerprint density at radius 3 is 2.60 bits per heavy atom. The summed E-state index contributed by atoms with van der Waals surface area (Å²) < 4.78 is 5.58. The predicted molar refractivity (Wildman–Crippen MR) is 94.7 cm³/mol. The van der Waals surface area contributed by atoms with E-state index in [0.29, 0.717) is 34.3 Å². The number of thiazole rings is 1. The fourth-order valence-electron chi connectivity index (χ4n) is 3.29. The maximum atomic E-state index is 12.9. The van der Waals surface area contributed by atoms with Crippen LogP contribution in [0, 0.1) is 25.2 Å². The number of rotatable bonds is 4. The van der Waals surface area contributed by atoms with Gasteiger partial charge in [-0.15, -0.1) is 11.3 Å². The van der Waals surface area contributed by atoms with E-state index in [1.165, 1.54) is 11.3 Å². The molecule has 25 heavy (non-hydrogen) atoms. The van der Waals surface area contributed by atoms with Gasteiger partial charge in [-0.1, -0.05) is 13.8 Å². The van der Waals surface area contributed by atoms with E-state index >= 15 is 0 Å². The van der Waals surface area contributed by atoms with Crippen LogP contribution in [0.5, 0.6) is 0 Å². The Hall–Kier alpha value is -2.15. The molecule has 1 saturated heterocycles. The molecule has 6 nitrogen and oxygen atoms in total. The minimum atomic E-state index is -0.866. The topological polar surface area (TPSA) is 83.6 Å². The third kappa shape index (κ3) is 2.97. The number of nitrogens with zero attached hydrogens (tertiary/aromatic N) is 2. The Balaban J connectivity index is 1.85. The Kier molecular flexibility index (Phi) is 4.45. The predicted octanol–water partition coefficient (Wildman–Crippen LogP) is 3.59. The third-order valence-corrected chi connectivity index (χ3v) is 6.22. The molecule has 0 saturated carbocycles. The summed E-state index contributed by atoms with van der Waals surface area (Å²) in [6, 6.07) is 3.70. The number of carboxylic acid groups (broad SMARTS) is 1. The second-order valence-electron chi connectivity index (χ2n) is 6.94. The minimum absolute atomic E-state index is 0.0352. The van der Waals surface area contributed by atoms with E-state index in [4.69, 9.17) is 4.42 Å². The van der Waals surface area contributed by atoms with Gasteiger partial charge in [0.1, 0.15) is 10.6 Å². The molecule has 3 rings (SSSR count). The van der Waals surface area contributed by atoms with E-state index in [1.807, 2.05) is 32.9 Å². The fraction of sp³-hybridized carbons (Fsp3) is 0.500. The molecule has 0 aliphatic carbocycles. The Labute approximate surface area is 150 Å². The van der Waals surface area contributed by atoms with Crippen LogP contribution in [0.3, 0.4) is 0 Å². The van der Waals surface area contributed by atoms with E-state index in [0.717, 1.165) is 5.76 Å². The van der Waals surface area contributed by atoms with Gasteiger partial charge in [0.25, 0.3) is 5.91 Å². The lowest BCUT2D eigenvalue weighted by atomic mass is 9.76. The van der Waals surface area contributed by atoms with Gasteiger partial charge in [-0.25, -0.2) is 4.98 Å². The van der Waals surface area contributed by atoms with Gasteiger partial charge in [0.15, 0.2) is 10.8 Å². The number of amides is 1. The van der Waals surface area contributed by atoms with E-state index in [2.05, 4.69) is 4.98 Å². The van der Waals surface area contributed by atoms with Gasteiger partial charge in [-0.3, -0.25) is 9.59 Å². The van der Waals surface area contributed by atoms with Crippen molar-refractivity contribution < 1.29 is 19.1 Å². The molecule has 3 heterocycles. The summed E-state index contributed by atoms with van der Waals surface area (Å²) in [6.07, 6.45) is 0.480. The molecule has 1 atom stereocenters. The van der Waals surface area contributed by atoms with Crippen LogP contribution in [0.4, 0.5) is 0 Å². The molecular formula is C18H22N2O4S. The second-order valence-corrected chi connectivity index (χ2v) is 7.94. The first kappa shape index (κ1) is 17.7. The number of carbonyl (C=O) groups is 2. The Morgan fingerprint density at radius 1 is 1.36 bits per heavy atom. The summed E-state index contributed by atoms with van der Waals surface area (Å²) in [5.41, 5.74) is -0.216. The first-order valence-corrected chi connectivity index (χ1v) is 9.13. The first-order chi connectivity index (χ1) is 11.7. The summed E-state index contributed by atoms with van der Waals surface area (Å²) in [5, 5.41) is 10.3. The zero-order chi connectivity index (χ0) is 18.4. The number of hydrogen-bond acceptors (Lipinski definition) is 5. The highest BCUT2D eigenvalue weighted by atomic mass is 32.1. The van der Waals surface area contributed by atoms with E-state index in [-0.39, 0.29) is 18.4 Å². The number of aryl methyl sites for hydroxylation is 2. The fourth-order valence-corrected chi connectivity index (χ4v) is 4.29. The molecule has 0 radical (unpaired) electrons. The van der Waals surface area contributed by atoms with Crippen molar-refractivity contribution in [2.45, 2.75) is 34.1 Å². The summed E-state index contributed by atoms with van der Waals surface area (Å²) in [4.78, 5) is 31.3. The summed E-state index contributed by atoms with van der Waals surface area (Å²) in [6.45, 7) is 8.15. The molecule has 1 N–H and O–H groups in total. The van der Waals surface area contributed by atoms with Gasteiger partial charge in [0, 0.05) is 13.1 Å². The zero-order valence-electron chi connectivity index (χ0n) is 14.8. The maximum Gasteiger partial charge on any atom is 0.311 e. The summed E-state index contributed by atoms with van der Waals surface area (Å²) >= 11 is 1.29. The van der Waals surface area contributed by atoms with Crippen LogP contribution in [0.25, 0.3) is 10.8 Å². The van der Waals surface area contributed by atoms with Crippen LogP contribution in [-0.2, 0) is 4.79 Å². The van der Waals surface area contributed by atoms with Gasteiger partial charge in [-0.2, -0.15) is 0 Å². The first-order valence-electron chi connectivity index (χ1n) is 8.31. The molecule has 134 valence electrons. The van der Waals surface area contributed by atoms with Gasteiger partial charge in [0.05, 0.1) is 11.1 Å². The molecule has 2 aromatic rings. The number of furan rings is 1. The number of hydrogen-bond donors (Lipinski definition) is 1. The lowest BCUT2D eigenvalue weighted by Crippen LogP contribution is -2.40. The quantitative estimate of drug-likeness (QED) is 0.898. The normalized spacial score (nSPS) is 20.4. The van der Waals surface area contributed by atoms with Crippen LogP contribution in [0.1, 0.15) is 41.4 Å². The monoisotopic (exact) mass is 362 g/mol. The molecule has 2 aromatic heterocycles. The summed E-state index contributed by atoms with van der Waals surface area (Å²) in [7, 11) is 0. The average molecular weight is 362 g/mol. The molecule has 0 bridgehead atoms. The van der Waals surface area contributed by atoms with E-state index in [1.54, 1.807) is 11.8 Å². The van der Waals surface area contributed by atoms with Gasteiger partial charge in [-0.05, 0) is 38.3 Å². The molecule has 1 aliphatic rings. The van der Waals surface area contributed by atoms with Crippen molar-refractivity contribution in [2.24, 2.45) is 11.3 Å². The molecule has 1 amide bonds. The van der Waals surface area contributed by atoms with Gasteiger partial charge >= 0.3 is 5.97 Å². The van der Waals surface area contributed by atoms with E-state index in [9.17, 15) is 14.7 Å². The van der Waals surface area contributed by atoms with Crippen LogP contribution in [0.2, 0.25) is 0 Å². The standard InChI is InChI=1S/C18H22N2O4S/c1-10(2)18(17(22)23)7-8-20(9-18)16(21)14-12(4)19-15(25-14)13-6-5-11(3)24-13/h5-6,10H,7-9H2,1-4H3,(H,22,23). The van der Waals surface area contributed by atoms with Crippen molar-refractivity contribution in [3.05, 3.63) is 28.5 Å². The van der Waals surface area contributed by atoms with Crippen LogP contribution >= 0.6 is 11.3 Å². The highest BCUT2D eigenvalue weighted by molar-refractivity contribution is 7.17. The van der Waals surface area contributed by atoms with Crippen LogP contribution < -0.4 is 0 Å². The van der Waals surface area contributed by atoms with Gasteiger partial charge in [0.2, 0.25) is 0 Å². The zero-order valence-corrected chi connectivity index (χ0v) is 15.6. The molecule has 0 spiro atoms. The minimum Gasteiger partial charge on any atom is -0.481 e. The molecule has 7 heteroatoms. The highest BCUT2D eigenvalue weighted by Gasteiger charge is 2.48. The SMILES string of the molecule is Cc1ccc(-c2nc(C)c(C(=O)N3CCC(C(=O)O)(C(C)C)C3)s2)o1. The number of carbonyl (C=O) groups excluding carboxylic acids is 1. The van der Waals surface area contributed by atoms with E-state index < -0.39 is 11.4 Å². The Morgan fingerprint density at radius 2 is 2.08 bits per heavy atom. The number of aliphatic carboxylic acids is 1. The Bertz CT molecular complexity index is 823. The van der Waals surface area contributed by atoms with Crippen molar-refractivity contribution in [1.29, 1.82) is 0 Å². The van der Waals surface area contributed by atoms with Crippen molar-refractivity contribution >= 4 is 23.2 Å². The maximum absolute atomic E-state index is 12.9. The summed E-state index contributed by atoms with van der Waals surface area (Å²) in [5.74, 6) is 0.428. The smallest absolute Gasteiger partial charge is 0.311 e. The number of likely N-dealkylation sites (tertiary alicyclic amines) is 1. The number of aromatic nitrogens is 1. The largest absolute Gasteiger partial charge is 0.481 e. The molecule has 1 aliphatic heterocycles. The lowest BCUT2D eigenvalue weighted by Gasteiger charge is -2.28. The van der Waals surface area contributed by atoms with Crippen LogP contribution in [0.15, 0.2) is 16.5 Å². The third-order valence-electron chi connectivity index (χ3n) is 5.06. The molecular weight excluding hydrogens is 340 g/mol. The molecule has 1 fully saturated rings. The lowest BCUT2D eigenvalue weighted by molar-refractivity contribution is -0.150. The van der Waals surface area contributed by atoms with Crippen LogP contribution in [-0.4, -0.2) is 40.0 Å². The van der Waals surface area contributed by atoms with Crippen molar-refractivity contribution in [2.75, 3.05) is 13.1 Å². The average Bonchev–Trinajstić information content (AvgIpc) is 3.24. The van der Waals surface area contributed by atoms with Crippen molar-refractivity contribution in [1.82, 2.24) is 9.88 Å². The second kappa shape index (κ2) is 6.29. The molecule has 0 aromatic carbocycles. The number of carboxylic acids is 1. The van der Waals surface area contributed by atoms with Crippen molar-refractivity contribution in [3.63, 3.8) is 0 Å². The molecule has 1 unspecified atom stereocenters. The highest BCUT2D eigenvalue weighted by Crippen LogP contribution is 2.39. The van der Waals surface area contributed by atoms with Gasteiger partial charge < -0.3 is 14.4 Å². The van der Waals surface area contributed by atoms with Crippen molar-refractivity contribution in [3.8, 4) is 10.8 Å².